The highest BCUT2D eigenvalue weighted by atomic mass is 13.6. The Bertz CT molecular complexity index is 48.4. The first-order chi connectivity index (χ1) is 2.91. The molecule has 0 heteroatoms. The second kappa shape index (κ2) is 4.48. The van der Waals surface area contributed by atoms with Crippen LogP contribution in [-0.2, 0) is 0 Å². The van der Waals surface area contributed by atoms with Crippen LogP contribution >= 0.6 is 0 Å². The van der Waals surface area contributed by atoms with Crippen LogP contribution in [0.3, 0.4) is 0 Å². The van der Waals surface area contributed by atoms with Crippen LogP contribution in [0.2, 0.25) is 0 Å². The Hall–Kier alpha value is -0.520. The van der Waals surface area contributed by atoms with E-state index in [9.17, 15) is 0 Å². The van der Waals surface area contributed by atoms with E-state index >= 15 is 0 Å². The fourth-order valence-corrected chi connectivity index (χ4v) is 0.190. The molecule has 0 aliphatic rings. The summed E-state index contributed by atoms with van der Waals surface area (Å²) in [6.45, 7) is 5.46. The topological polar surface area (TPSA) is 0 Å². The summed E-state index contributed by atoms with van der Waals surface area (Å²) >= 11 is 0. The highest BCUT2D eigenvalue weighted by Gasteiger charge is 1.49. The summed E-state index contributed by atoms with van der Waals surface area (Å²) in [6.07, 6.45) is 7.54. The summed E-state index contributed by atoms with van der Waals surface area (Å²) in [5.74, 6) is 0. The first-order valence-corrected chi connectivity index (χ1v) is 1.99. The van der Waals surface area contributed by atoms with Crippen molar-refractivity contribution in [1.29, 1.82) is 0 Å². The van der Waals surface area contributed by atoms with Crippen LogP contribution < -0.4 is 0 Å². The van der Waals surface area contributed by atoms with E-state index in [2.05, 4.69) is 6.92 Å². The van der Waals surface area contributed by atoms with Crippen molar-refractivity contribution in [3.05, 3.63) is 31.2 Å². The summed E-state index contributed by atoms with van der Waals surface area (Å²) in [5.41, 5.74) is 0. The van der Waals surface area contributed by atoms with Crippen LogP contribution in [0, 0.1) is 6.92 Å². The number of hydrogen-bond donors (Lipinski definition) is 0. The molecule has 0 bridgehead atoms. The normalized spacial score (nSPS) is 11.7. The van der Waals surface area contributed by atoms with E-state index in [1.165, 1.54) is 0 Å². The largest absolute Gasteiger partial charge is 0.0877 e. The molecule has 0 atom stereocenters. The van der Waals surface area contributed by atoms with Crippen LogP contribution in [0.25, 0.3) is 0 Å². The molecule has 0 aromatic carbocycles. The minimum atomic E-state index is 1.75. The lowest BCUT2D eigenvalue weighted by Gasteiger charge is -1.62. The number of hydrogen-bond acceptors (Lipinski definition) is 0. The Morgan fingerprint density at radius 2 is 2.00 bits per heavy atom. The molecule has 0 fully saturated rings. The summed E-state index contributed by atoms with van der Waals surface area (Å²) in [5, 5.41) is 0. The van der Waals surface area contributed by atoms with Gasteiger partial charge in [0.05, 0.1) is 0 Å². The predicted octanol–water partition coefficient (Wildman–Crippen LogP) is 1.95. The van der Waals surface area contributed by atoms with Gasteiger partial charge in [-0.2, -0.15) is 0 Å². The van der Waals surface area contributed by atoms with E-state index in [-0.39, 0.29) is 0 Å². The van der Waals surface area contributed by atoms with Crippen LogP contribution in [0.5, 0.6) is 0 Å². The summed E-state index contributed by atoms with van der Waals surface area (Å²) in [6, 6.07) is 0. The summed E-state index contributed by atoms with van der Waals surface area (Å²) in [7, 11) is 0. The van der Waals surface area contributed by atoms with Gasteiger partial charge in [0.2, 0.25) is 0 Å². The highest BCUT2D eigenvalue weighted by Crippen LogP contribution is 1.70. The van der Waals surface area contributed by atoms with Crippen molar-refractivity contribution in [2.75, 3.05) is 0 Å². The molecule has 0 aliphatic carbocycles. The molecule has 0 aromatic rings. The Labute approximate surface area is 39.2 Å². The van der Waals surface area contributed by atoms with E-state index in [1.807, 2.05) is 25.2 Å². The van der Waals surface area contributed by atoms with Gasteiger partial charge in [-0.1, -0.05) is 24.3 Å². The van der Waals surface area contributed by atoms with E-state index in [0.29, 0.717) is 0 Å². The lowest BCUT2D eigenvalue weighted by Crippen LogP contribution is -1.40. The average Bonchev–Trinajstić information content (AvgIpc) is 1.61. The molecule has 0 aromatic heterocycles. The zero-order valence-corrected chi connectivity index (χ0v) is 4.02. The molecule has 0 rings (SSSR count). The summed E-state index contributed by atoms with van der Waals surface area (Å²) in [4.78, 5) is 0. The molecule has 0 spiro atoms. The molecule has 0 saturated carbocycles. The number of allylic oxidation sites excluding steroid dienone is 4. The fourth-order valence-electron chi connectivity index (χ4n) is 0.190. The maximum Gasteiger partial charge on any atom is -0.0313 e. The third kappa shape index (κ3) is 3.48. The molecule has 1 radical (unpaired) electrons. The molecule has 0 unspecified atom stereocenters. The van der Waals surface area contributed by atoms with Crippen LogP contribution in [-0.4, -0.2) is 0 Å². The maximum absolute atomic E-state index is 3.49. The number of rotatable bonds is 1. The molecule has 6 heavy (non-hydrogen) atoms. The fraction of sp³-hybridized carbons (Fsp3) is 0.167. The van der Waals surface area contributed by atoms with E-state index in [4.69, 9.17) is 0 Å². The predicted molar refractivity (Wildman–Crippen MR) is 29.3 cm³/mol. The van der Waals surface area contributed by atoms with Crippen molar-refractivity contribution in [3.63, 3.8) is 0 Å². The van der Waals surface area contributed by atoms with Crippen molar-refractivity contribution in [2.24, 2.45) is 0 Å². The quantitative estimate of drug-likeness (QED) is 0.423. The van der Waals surface area contributed by atoms with Gasteiger partial charge in [0, 0.05) is 0 Å². The Morgan fingerprint density at radius 1 is 1.33 bits per heavy atom. The van der Waals surface area contributed by atoms with Crippen molar-refractivity contribution in [1.82, 2.24) is 0 Å². The van der Waals surface area contributed by atoms with Gasteiger partial charge in [-0.25, -0.2) is 0 Å². The zero-order valence-electron chi connectivity index (χ0n) is 4.02. The lowest BCUT2D eigenvalue weighted by atomic mass is 10.5. The van der Waals surface area contributed by atoms with Crippen LogP contribution in [0.15, 0.2) is 24.3 Å². The van der Waals surface area contributed by atoms with E-state index in [0.717, 1.165) is 0 Å². The monoisotopic (exact) mass is 81.1 g/mol. The van der Waals surface area contributed by atoms with Crippen molar-refractivity contribution >= 4 is 0 Å². The molecular weight excluding hydrogens is 72.1 g/mol. The Kier molecular flexibility index (Phi) is 4.09. The first-order valence-electron chi connectivity index (χ1n) is 1.99. The third-order valence-electron chi connectivity index (χ3n) is 0.440. The van der Waals surface area contributed by atoms with Crippen molar-refractivity contribution in [3.8, 4) is 0 Å². The highest BCUT2D eigenvalue weighted by molar-refractivity contribution is 5.01. The Morgan fingerprint density at radius 3 is 2.17 bits per heavy atom. The minimum Gasteiger partial charge on any atom is -0.0877 e. The van der Waals surface area contributed by atoms with E-state index in [1.54, 1.807) is 6.08 Å². The molecule has 0 aliphatic heterocycles. The van der Waals surface area contributed by atoms with Crippen LogP contribution in [0.1, 0.15) is 6.92 Å². The molecule has 33 valence electrons. The van der Waals surface area contributed by atoms with Gasteiger partial charge < -0.3 is 0 Å². The van der Waals surface area contributed by atoms with Crippen molar-refractivity contribution < 1.29 is 0 Å². The van der Waals surface area contributed by atoms with Gasteiger partial charge in [0.1, 0.15) is 0 Å². The molecule has 0 saturated heterocycles. The third-order valence-corrected chi connectivity index (χ3v) is 0.440. The van der Waals surface area contributed by atoms with E-state index < -0.39 is 0 Å². The van der Waals surface area contributed by atoms with Gasteiger partial charge in [0.15, 0.2) is 0 Å². The second-order valence-corrected chi connectivity index (χ2v) is 0.954. The Balaban J connectivity index is 3.07. The zero-order chi connectivity index (χ0) is 4.83. The van der Waals surface area contributed by atoms with Crippen molar-refractivity contribution in [2.45, 2.75) is 6.92 Å². The molecular formula is C6H9. The van der Waals surface area contributed by atoms with Gasteiger partial charge in [-0.3, -0.25) is 0 Å². The molecule has 0 amide bonds. The van der Waals surface area contributed by atoms with Gasteiger partial charge in [0.25, 0.3) is 0 Å². The molecule has 0 N–H and O–H groups in total. The smallest absolute Gasteiger partial charge is 0.0313 e. The van der Waals surface area contributed by atoms with Gasteiger partial charge >= 0.3 is 0 Å². The molecule has 0 nitrogen and oxygen atoms in total. The second-order valence-electron chi connectivity index (χ2n) is 0.954. The summed E-state index contributed by atoms with van der Waals surface area (Å²) < 4.78 is 0. The SMILES string of the molecule is [CH2]/C=C/C=C\C. The minimum absolute atomic E-state index is 1.75. The van der Waals surface area contributed by atoms with Gasteiger partial charge in [-0.15, -0.1) is 0 Å². The molecule has 0 heterocycles. The average molecular weight is 81.1 g/mol. The standard InChI is InChI=1S/C6H9/c1-3-5-6-4-2/h3-6H,1H2,2H3/b5-3+,6-4-. The first kappa shape index (κ1) is 5.48. The maximum atomic E-state index is 3.49. The van der Waals surface area contributed by atoms with Crippen LogP contribution in [0.4, 0.5) is 0 Å². The lowest BCUT2D eigenvalue weighted by molar-refractivity contribution is 1.73. The van der Waals surface area contributed by atoms with Gasteiger partial charge in [-0.05, 0) is 13.8 Å².